The first kappa shape index (κ1) is 14.9. The number of rotatable bonds is 3. The Morgan fingerprint density at radius 1 is 1.00 bits per heavy atom. The maximum absolute atomic E-state index is 13.9. The molecule has 0 saturated carbocycles. The van der Waals surface area contributed by atoms with Crippen molar-refractivity contribution >= 4 is 11.6 Å². The lowest BCUT2D eigenvalue weighted by Gasteiger charge is -2.19. The van der Waals surface area contributed by atoms with Gasteiger partial charge in [0.2, 0.25) is 0 Å². The molecule has 0 spiro atoms. The molecule has 0 aromatic heterocycles. The zero-order valence-corrected chi connectivity index (χ0v) is 11.7. The average Bonchev–Trinajstić information content (AvgIpc) is 2.40. The van der Waals surface area contributed by atoms with E-state index in [0.29, 0.717) is 11.1 Å². The third-order valence-electron chi connectivity index (χ3n) is 3.15. The van der Waals surface area contributed by atoms with E-state index < -0.39 is 23.5 Å². The van der Waals surface area contributed by atoms with Crippen LogP contribution in [-0.4, -0.2) is 7.05 Å². The van der Waals surface area contributed by atoms with Gasteiger partial charge in [0.25, 0.3) is 0 Å². The molecule has 0 aliphatic heterocycles. The maximum Gasteiger partial charge on any atom is 0.142 e. The maximum atomic E-state index is 13.9. The van der Waals surface area contributed by atoms with Gasteiger partial charge in [-0.1, -0.05) is 17.7 Å². The normalized spacial score (nSPS) is 12.5. The molecule has 0 amide bonds. The minimum absolute atomic E-state index is 0.000591. The largest absolute Gasteiger partial charge is 0.309 e. The summed E-state index contributed by atoms with van der Waals surface area (Å²) in [5.41, 5.74) is 1.10. The summed E-state index contributed by atoms with van der Waals surface area (Å²) in [7, 11) is 1.62. The van der Waals surface area contributed by atoms with Crippen LogP contribution in [0.25, 0.3) is 0 Å². The molecule has 0 bridgehead atoms. The van der Waals surface area contributed by atoms with E-state index in [9.17, 15) is 13.2 Å². The van der Waals surface area contributed by atoms with Gasteiger partial charge in [-0.2, -0.15) is 0 Å². The Kier molecular flexibility index (Phi) is 4.35. The van der Waals surface area contributed by atoms with Crippen molar-refractivity contribution in [2.24, 2.45) is 0 Å². The van der Waals surface area contributed by atoms with E-state index in [1.165, 1.54) is 18.2 Å². The molecule has 0 radical (unpaired) electrons. The molecule has 0 aliphatic carbocycles. The Bertz CT molecular complexity index is 643. The summed E-state index contributed by atoms with van der Waals surface area (Å²) < 4.78 is 40.8. The van der Waals surface area contributed by atoms with Crippen LogP contribution in [0.15, 0.2) is 30.3 Å². The summed E-state index contributed by atoms with van der Waals surface area (Å²) >= 11 is 5.63. The zero-order chi connectivity index (χ0) is 14.9. The Balaban J connectivity index is 2.52. The second-order valence-electron chi connectivity index (χ2n) is 4.52. The van der Waals surface area contributed by atoms with E-state index in [0.717, 1.165) is 6.07 Å². The summed E-state index contributed by atoms with van der Waals surface area (Å²) in [6.45, 7) is 1.55. The van der Waals surface area contributed by atoms with E-state index in [-0.39, 0.29) is 10.6 Å². The summed E-state index contributed by atoms with van der Waals surface area (Å²) in [5, 5.41) is 2.90. The molecule has 1 N–H and O–H groups in total. The van der Waals surface area contributed by atoms with Crippen molar-refractivity contribution in [3.05, 3.63) is 69.5 Å². The van der Waals surface area contributed by atoms with Crippen molar-refractivity contribution in [2.45, 2.75) is 13.0 Å². The van der Waals surface area contributed by atoms with E-state index in [4.69, 9.17) is 11.6 Å². The quantitative estimate of drug-likeness (QED) is 0.887. The van der Waals surface area contributed by atoms with Gasteiger partial charge in [0.05, 0.1) is 11.1 Å². The van der Waals surface area contributed by atoms with E-state index in [1.54, 1.807) is 20.0 Å². The minimum Gasteiger partial charge on any atom is -0.309 e. The molecule has 2 aromatic rings. The van der Waals surface area contributed by atoms with Crippen LogP contribution in [-0.2, 0) is 0 Å². The van der Waals surface area contributed by atoms with E-state index in [1.807, 2.05) is 0 Å². The number of nitrogens with one attached hydrogen (secondary N) is 1. The van der Waals surface area contributed by atoms with Gasteiger partial charge in [-0.3, -0.25) is 0 Å². The number of benzene rings is 2. The molecule has 1 nitrogen and oxygen atoms in total. The second-order valence-corrected chi connectivity index (χ2v) is 4.93. The molecular formula is C15H13ClF3N. The van der Waals surface area contributed by atoms with Crippen LogP contribution >= 0.6 is 11.6 Å². The Morgan fingerprint density at radius 2 is 1.70 bits per heavy atom. The van der Waals surface area contributed by atoms with Crippen LogP contribution in [0.4, 0.5) is 13.2 Å². The van der Waals surface area contributed by atoms with Gasteiger partial charge in [-0.05, 0) is 43.3 Å². The van der Waals surface area contributed by atoms with Gasteiger partial charge in [-0.15, -0.1) is 0 Å². The summed E-state index contributed by atoms with van der Waals surface area (Å²) in [5.74, 6) is -1.87. The third-order valence-corrected chi connectivity index (χ3v) is 3.46. The number of hydrogen-bond acceptors (Lipinski definition) is 1. The lowest BCUT2D eigenvalue weighted by atomic mass is 9.96. The molecule has 0 aliphatic rings. The van der Waals surface area contributed by atoms with Crippen LogP contribution in [0.5, 0.6) is 0 Å². The van der Waals surface area contributed by atoms with E-state index >= 15 is 0 Å². The summed E-state index contributed by atoms with van der Waals surface area (Å²) in [6.07, 6.45) is 0. The molecule has 0 saturated heterocycles. The third kappa shape index (κ3) is 2.81. The second kappa shape index (κ2) is 5.85. The molecule has 2 aromatic carbocycles. The molecule has 1 unspecified atom stereocenters. The Labute approximate surface area is 120 Å². The standard InChI is InChI=1S/C15H13ClF3N/c1-8-5-10(13(18)7-12(8)17)15(20-2)9-3-4-11(16)14(19)6-9/h3-7,15,20H,1-2H3. The van der Waals surface area contributed by atoms with Gasteiger partial charge < -0.3 is 5.32 Å². The van der Waals surface area contributed by atoms with Crippen molar-refractivity contribution in [2.75, 3.05) is 7.05 Å². The Morgan fingerprint density at radius 3 is 2.30 bits per heavy atom. The molecule has 2 rings (SSSR count). The predicted octanol–water partition coefficient (Wildman–Crippen LogP) is 4.37. The van der Waals surface area contributed by atoms with Gasteiger partial charge in [0, 0.05) is 11.6 Å². The highest BCUT2D eigenvalue weighted by molar-refractivity contribution is 6.30. The van der Waals surface area contributed by atoms with Crippen molar-refractivity contribution in [1.29, 1.82) is 0 Å². The smallest absolute Gasteiger partial charge is 0.142 e. The average molecular weight is 300 g/mol. The summed E-state index contributed by atoms with van der Waals surface area (Å²) in [6, 6.07) is 5.91. The predicted molar refractivity (Wildman–Crippen MR) is 73.4 cm³/mol. The molecular weight excluding hydrogens is 287 g/mol. The number of aryl methyl sites for hydroxylation is 1. The van der Waals surface area contributed by atoms with Gasteiger partial charge >= 0.3 is 0 Å². The zero-order valence-electron chi connectivity index (χ0n) is 11.0. The van der Waals surface area contributed by atoms with Crippen molar-refractivity contribution in [1.82, 2.24) is 5.32 Å². The lowest BCUT2D eigenvalue weighted by Crippen LogP contribution is -2.19. The van der Waals surface area contributed by atoms with Crippen LogP contribution in [0.1, 0.15) is 22.7 Å². The van der Waals surface area contributed by atoms with Crippen LogP contribution < -0.4 is 5.32 Å². The fraction of sp³-hybridized carbons (Fsp3) is 0.200. The first-order valence-electron chi connectivity index (χ1n) is 6.01. The molecule has 0 heterocycles. The fourth-order valence-corrected chi connectivity index (χ4v) is 2.21. The molecule has 1 atom stereocenters. The van der Waals surface area contributed by atoms with Crippen molar-refractivity contribution in [3.8, 4) is 0 Å². The van der Waals surface area contributed by atoms with Crippen LogP contribution in [0.2, 0.25) is 5.02 Å². The number of hydrogen-bond donors (Lipinski definition) is 1. The highest BCUT2D eigenvalue weighted by Crippen LogP contribution is 2.28. The van der Waals surface area contributed by atoms with E-state index in [2.05, 4.69) is 5.32 Å². The highest BCUT2D eigenvalue weighted by atomic mass is 35.5. The molecule has 0 fully saturated rings. The van der Waals surface area contributed by atoms with Crippen LogP contribution in [0, 0.1) is 24.4 Å². The lowest BCUT2D eigenvalue weighted by molar-refractivity contribution is 0.546. The van der Waals surface area contributed by atoms with Crippen molar-refractivity contribution < 1.29 is 13.2 Å². The molecule has 106 valence electrons. The SMILES string of the molecule is CNC(c1ccc(Cl)c(F)c1)c1cc(C)c(F)cc1F. The van der Waals surface area contributed by atoms with Crippen molar-refractivity contribution in [3.63, 3.8) is 0 Å². The van der Waals surface area contributed by atoms with Gasteiger partial charge in [0.15, 0.2) is 0 Å². The van der Waals surface area contributed by atoms with Gasteiger partial charge in [0.1, 0.15) is 17.5 Å². The Hall–Kier alpha value is -1.52. The first-order chi connectivity index (χ1) is 9.43. The monoisotopic (exact) mass is 299 g/mol. The summed E-state index contributed by atoms with van der Waals surface area (Å²) in [4.78, 5) is 0. The van der Waals surface area contributed by atoms with Gasteiger partial charge in [-0.25, -0.2) is 13.2 Å². The highest BCUT2D eigenvalue weighted by Gasteiger charge is 2.19. The first-order valence-corrected chi connectivity index (χ1v) is 6.39. The molecule has 20 heavy (non-hydrogen) atoms. The fourth-order valence-electron chi connectivity index (χ4n) is 2.09. The number of halogens is 4. The topological polar surface area (TPSA) is 12.0 Å². The van der Waals surface area contributed by atoms with Crippen LogP contribution in [0.3, 0.4) is 0 Å². The minimum atomic E-state index is -0.678. The molecule has 5 heteroatoms.